The number of hydrogen-bond donors (Lipinski definition) is 2. The molecule has 0 unspecified atom stereocenters. The van der Waals surface area contributed by atoms with Crippen LogP contribution in [0.3, 0.4) is 0 Å². The standard InChI is InChI=1S/C13H18N4O3/c1-4-8(7-18)15-9-5-6-14-11-10(9)12(19)17(3)13(20)16(11)2/h5-6,8,18H,4,7H2,1-3H3,(H,14,15)/t8-/m0/s1. The first kappa shape index (κ1) is 14.3. The van der Waals surface area contributed by atoms with Gasteiger partial charge in [-0.15, -0.1) is 0 Å². The molecule has 0 saturated carbocycles. The van der Waals surface area contributed by atoms with Crippen LogP contribution >= 0.6 is 0 Å². The maximum atomic E-state index is 12.3. The van der Waals surface area contributed by atoms with E-state index in [0.29, 0.717) is 23.1 Å². The van der Waals surface area contributed by atoms with Gasteiger partial charge in [-0.3, -0.25) is 13.9 Å². The van der Waals surface area contributed by atoms with Gasteiger partial charge in [-0.2, -0.15) is 0 Å². The highest BCUT2D eigenvalue weighted by atomic mass is 16.3. The second-order valence-electron chi connectivity index (χ2n) is 4.69. The second kappa shape index (κ2) is 5.46. The zero-order chi connectivity index (χ0) is 14.9. The number of hydrogen-bond acceptors (Lipinski definition) is 5. The molecule has 0 saturated heterocycles. The minimum absolute atomic E-state index is 0.0353. The van der Waals surface area contributed by atoms with Crippen molar-refractivity contribution >= 4 is 16.7 Å². The number of fused-ring (bicyclic) bond motifs is 1. The summed E-state index contributed by atoms with van der Waals surface area (Å²) < 4.78 is 2.39. The average molecular weight is 278 g/mol. The van der Waals surface area contributed by atoms with E-state index in [-0.39, 0.29) is 12.6 Å². The van der Waals surface area contributed by atoms with Gasteiger partial charge >= 0.3 is 5.69 Å². The monoisotopic (exact) mass is 278 g/mol. The third kappa shape index (κ3) is 2.20. The fourth-order valence-electron chi connectivity index (χ4n) is 2.10. The largest absolute Gasteiger partial charge is 0.394 e. The van der Waals surface area contributed by atoms with E-state index < -0.39 is 11.2 Å². The number of aliphatic hydroxyl groups is 1. The molecule has 0 aromatic carbocycles. The molecule has 7 heteroatoms. The van der Waals surface area contributed by atoms with E-state index in [9.17, 15) is 14.7 Å². The van der Waals surface area contributed by atoms with Gasteiger partial charge in [0.05, 0.1) is 12.3 Å². The Kier molecular flexibility index (Phi) is 3.89. The molecule has 0 radical (unpaired) electrons. The number of nitrogens with one attached hydrogen (secondary N) is 1. The van der Waals surface area contributed by atoms with E-state index in [4.69, 9.17) is 0 Å². The number of aryl methyl sites for hydroxylation is 1. The van der Waals surface area contributed by atoms with Gasteiger partial charge in [-0.05, 0) is 12.5 Å². The Labute approximate surface area is 115 Å². The highest BCUT2D eigenvalue weighted by Crippen LogP contribution is 2.17. The van der Waals surface area contributed by atoms with Crippen LogP contribution in [-0.4, -0.2) is 31.9 Å². The molecule has 0 bridgehead atoms. The smallest absolute Gasteiger partial charge is 0.332 e. The lowest BCUT2D eigenvalue weighted by molar-refractivity contribution is 0.272. The maximum absolute atomic E-state index is 12.3. The second-order valence-corrected chi connectivity index (χ2v) is 4.69. The number of anilines is 1. The molecule has 20 heavy (non-hydrogen) atoms. The Balaban J connectivity index is 2.75. The third-order valence-electron chi connectivity index (χ3n) is 3.41. The Morgan fingerprint density at radius 3 is 2.65 bits per heavy atom. The van der Waals surface area contributed by atoms with Crippen molar-refractivity contribution in [2.75, 3.05) is 11.9 Å². The number of pyridine rings is 1. The number of nitrogens with zero attached hydrogens (tertiary/aromatic N) is 3. The molecule has 2 rings (SSSR count). The maximum Gasteiger partial charge on any atom is 0.332 e. The Hall–Kier alpha value is -2.15. The first-order chi connectivity index (χ1) is 9.51. The summed E-state index contributed by atoms with van der Waals surface area (Å²) in [4.78, 5) is 28.3. The van der Waals surface area contributed by atoms with Crippen LogP contribution in [0, 0.1) is 0 Å². The summed E-state index contributed by atoms with van der Waals surface area (Å²) in [6, 6.07) is 1.52. The van der Waals surface area contributed by atoms with Gasteiger partial charge in [0.15, 0.2) is 5.65 Å². The first-order valence-electron chi connectivity index (χ1n) is 6.43. The zero-order valence-electron chi connectivity index (χ0n) is 11.8. The van der Waals surface area contributed by atoms with E-state index in [1.807, 2.05) is 6.92 Å². The van der Waals surface area contributed by atoms with Crippen LogP contribution in [0.1, 0.15) is 13.3 Å². The molecule has 0 aliphatic heterocycles. The molecule has 0 aliphatic rings. The minimum atomic E-state index is -0.415. The van der Waals surface area contributed by atoms with Crippen LogP contribution in [0.4, 0.5) is 5.69 Å². The molecule has 0 spiro atoms. The van der Waals surface area contributed by atoms with Gasteiger partial charge in [-0.1, -0.05) is 6.92 Å². The summed E-state index contributed by atoms with van der Waals surface area (Å²) in [5.74, 6) is 0. The normalized spacial score (nSPS) is 12.6. The van der Waals surface area contributed by atoms with Gasteiger partial charge in [-0.25, -0.2) is 9.78 Å². The number of rotatable bonds is 4. The van der Waals surface area contributed by atoms with Crippen molar-refractivity contribution in [2.45, 2.75) is 19.4 Å². The lowest BCUT2D eigenvalue weighted by Crippen LogP contribution is -2.38. The van der Waals surface area contributed by atoms with E-state index in [1.165, 1.54) is 17.8 Å². The third-order valence-corrected chi connectivity index (χ3v) is 3.41. The Morgan fingerprint density at radius 2 is 2.05 bits per heavy atom. The molecule has 2 aromatic rings. The van der Waals surface area contributed by atoms with Crippen molar-refractivity contribution in [2.24, 2.45) is 14.1 Å². The molecule has 2 aromatic heterocycles. The van der Waals surface area contributed by atoms with Crippen LogP contribution in [0.15, 0.2) is 21.9 Å². The molecule has 108 valence electrons. The molecular weight excluding hydrogens is 260 g/mol. The number of aliphatic hydroxyl groups excluding tert-OH is 1. The average Bonchev–Trinajstić information content (AvgIpc) is 2.48. The predicted octanol–water partition coefficient (Wildman–Crippen LogP) is -0.185. The van der Waals surface area contributed by atoms with Crippen molar-refractivity contribution in [3.63, 3.8) is 0 Å². The van der Waals surface area contributed by atoms with Crippen LogP contribution in [0.2, 0.25) is 0 Å². The minimum Gasteiger partial charge on any atom is -0.394 e. The van der Waals surface area contributed by atoms with Gasteiger partial charge in [0.25, 0.3) is 5.56 Å². The highest BCUT2D eigenvalue weighted by Gasteiger charge is 2.15. The van der Waals surface area contributed by atoms with Gasteiger partial charge in [0, 0.05) is 26.3 Å². The van der Waals surface area contributed by atoms with Gasteiger partial charge in [0.2, 0.25) is 0 Å². The van der Waals surface area contributed by atoms with E-state index in [0.717, 1.165) is 4.57 Å². The first-order valence-corrected chi connectivity index (χ1v) is 6.43. The fraction of sp³-hybridized carbons (Fsp3) is 0.462. The van der Waals surface area contributed by atoms with Crippen molar-refractivity contribution in [3.8, 4) is 0 Å². The van der Waals surface area contributed by atoms with Gasteiger partial charge in [0.1, 0.15) is 5.39 Å². The lowest BCUT2D eigenvalue weighted by atomic mass is 10.2. The molecule has 0 aliphatic carbocycles. The molecule has 7 nitrogen and oxygen atoms in total. The van der Waals surface area contributed by atoms with Crippen molar-refractivity contribution in [3.05, 3.63) is 33.1 Å². The summed E-state index contributed by atoms with van der Waals surface area (Å²) >= 11 is 0. The number of aromatic nitrogens is 3. The molecule has 0 amide bonds. The summed E-state index contributed by atoms with van der Waals surface area (Å²) in [6.07, 6.45) is 2.25. The Bertz CT molecular complexity index is 744. The summed E-state index contributed by atoms with van der Waals surface area (Å²) in [7, 11) is 3.01. The van der Waals surface area contributed by atoms with Crippen LogP contribution < -0.4 is 16.6 Å². The van der Waals surface area contributed by atoms with E-state index >= 15 is 0 Å². The molecule has 1 atom stereocenters. The van der Waals surface area contributed by atoms with Crippen LogP contribution in [0.25, 0.3) is 11.0 Å². The molecule has 2 heterocycles. The summed E-state index contributed by atoms with van der Waals surface area (Å²) in [5, 5.41) is 12.7. The van der Waals surface area contributed by atoms with Crippen LogP contribution in [-0.2, 0) is 14.1 Å². The topological polar surface area (TPSA) is 89.2 Å². The molecule has 2 N–H and O–H groups in total. The highest BCUT2D eigenvalue weighted by molar-refractivity contribution is 5.88. The van der Waals surface area contributed by atoms with Crippen molar-refractivity contribution in [1.82, 2.24) is 14.1 Å². The predicted molar refractivity (Wildman–Crippen MR) is 77.0 cm³/mol. The van der Waals surface area contributed by atoms with E-state index in [1.54, 1.807) is 13.1 Å². The fourth-order valence-corrected chi connectivity index (χ4v) is 2.10. The van der Waals surface area contributed by atoms with Crippen LogP contribution in [0.5, 0.6) is 0 Å². The van der Waals surface area contributed by atoms with Crippen molar-refractivity contribution < 1.29 is 5.11 Å². The summed E-state index contributed by atoms with van der Waals surface area (Å²) in [5.41, 5.74) is 0.0934. The SMILES string of the molecule is CC[C@@H](CO)Nc1ccnc2c1c(=O)n(C)c(=O)n2C. The Morgan fingerprint density at radius 1 is 1.35 bits per heavy atom. The quantitative estimate of drug-likeness (QED) is 0.809. The van der Waals surface area contributed by atoms with Crippen molar-refractivity contribution in [1.29, 1.82) is 0 Å². The zero-order valence-corrected chi connectivity index (χ0v) is 11.8. The van der Waals surface area contributed by atoms with E-state index in [2.05, 4.69) is 10.3 Å². The lowest BCUT2D eigenvalue weighted by Gasteiger charge is -2.17. The van der Waals surface area contributed by atoms with Gasteiger partial charge < -0.3 is 10.4 Å². The summed E-state index contributed by atoms with van der Waals surface area (Å²) in [6.45, 7) is 1.90. The molecular formula is C13H18N4O3. The molecule has 0 fully saturated rings.